The topological polar surface area (TPSA) is 110 Å². The Balaban J connectivity index is 1.63. The molecular formula is C20H20ClF2N3O5. The maximum absolute atomic E-state index is 14.3. The summed E-state index contributed by atoms with van der Waals surface area (Å²) < 4.78 is 39.1. The molecule has 1 aliphatic rings. The van der Waals surface area contributed by atoms with E-state index in [1.54, 1.807) is 6.92 Å². The van der Waals surface area contributed by atoms with Crippen molar-refractivity contribution in [3.8, 4) is 11.6 Å². The summed E-state index contributed by atoms with van der Waals surface area (Å²) >= 11 is 6.10. The number of carbonyl (C=O) groups excluding carboxylic acids is 1. The second-order valence-corrected chi connectivity index (χ2v) is 7.54. The van der Waals surface area contributed by atoms with Crippen LogP contribution in [-0.2, 0) is 0 Å². The molecule has 1 aliphatic carbocycles. The molecule has 11 heteroatoms. The Morgan fingerprint density at radius 3 is 2.65 bits per heavy atom. The van der Waals surface area contributed by atoms with Crippen molar-refractivity contribution in [3.63, 3.8) is 0 Å². The largest absolute Gasteiger partial charge is 0.490 e. The van der Waals surface area contributed by atoms with E-state index in [1.807, 2.05) is 0 Å². The first-order chi connectivity index (χ1) is 14.7. The van der Waals surface area contributed by atoms with E-state index in [2.05, 4.69) is 15.6 Å². The van der Waals surface area contributed by atoms with Gasteiger partial charge in [-0.2, -0.15) is 0 Å². The van der Waals surface area contributed by atoms with Crippen LogP contribution in [0.4, 0.5) is 19.3 Å². The van der Waals surface area contributed by atoms with Gasteiger partial charge in [0.2, 0.25) is 5.88 Å². The third kappa shape index (κ3) is 6.42. The van der Waals surface area contributed by atoms with Gasteiger partial charge in [0.05, 0.1) is 35.1 Å². The van der Waals surface area contributed by atoms with Crippen LogP contribution in [0.5, 0.6) is 11.6 Å². The minimum absolute atomic E-state index is 0.000981. The molecule has 166 valence electrons. The van der Waals surface area contributed by atoms with Gasteiger partial charge in [0.1, 0.15) is 12.4 Å². The number of nitrogens with zero attached hydrogens (tertiary/aromatic N) is 1. The van der Waals surface area contributed by atoms with Crippen molar-refractivity contribution < 1.29 is 33.0 Å². The number of rotatable bonds is 9. The number of benzene rings is 1. The predicted molar refractivity (Wildman–Crippen MR) is 108 cm³/mol. The van der Waals surface area contributed by atoms with Crippen LogP contribution >= 0.6 is 11.6 Å². The standard InChI is InChI=1S/C20H20ClF2N3O5/c1-10(25-20(28)29)8-31-18-5-13(21)16(7-24-18)26-19(27)12-4-15(23)17(6-14(12)22)30-9-11-2-3-11/h4-7,10-11,25H,2-3,8-9H2,1H3,(H,26,27)(H,28,29)/t10-/m0/s1. The fourth-order valence-electron chi connectivity index (χ4n) is 2.54. The Hall–Kier alpha value is -3.14. The highest BCUT2D eigenvalue weighted by molar-refractivity contribution is 6.34. The number of ether oxygens (including phenoxy) is 2. The van der Waals surface area contributed by atoms with Crippen molar-refractivity contribution in [3.05, 3.63) is 46.6 Å². The van der Waals surface area contributed by atoms with Crippen molar-refractivity contribution in [2.75, 3.05) is 18.5 Å². The van der Waals surface area contributed by atoms with Gasteiger partial charge in [0.15, 0.2) is 11.6 Å². The minimum atomic E-state index is -1.19. The molecule has 0 radical (unpaired) electrons. The summed E-state index contributed by atoms with van der Waals surface area (Å²) in [5.41, 5.74) is -0.453. The number of carbonyl (C=O) groups is 2. The second kappa shape index (κ2) is 9.78. The average molecular weight is 456 g/mol. The van der Waals surface area contributed by atoms with Gasteiger partial charge in [-0.15, -0.1) is 0 Å². The van der Waals surface area contributed by atoms with Gasteiger partial charge in [-0.3, -0.25) is 4.79 Å². The summed E-state index contributed by atoms with van der Waals surface area (Å²) in [6, 6.07) is 2.42. The van der Waals surface area contributed by atoms with Gasteiger partial charge in [0, 0.05) is 12.1 Å². The van der Waals surface area contributed by atoms with Gasteiger partial charge < -0.3 is 25.2 Å². The van der Waals surface area contributed by atoms with Crippen LogP contribution in [0, 0.1) is 17.6 Å². The molecule has 0 unspecified atom stereocenters. The lowest BCUT2D eigenvalue weighted by Gasteiger charge is -2.13. The second-order valence-electron chi connectivity index (χ2n) is 7.13. The number of hydrogen-bond acceptors (Lipinski definition) is 5. The number of carboxylic acid groups (broad SMARTS) is 1. The van der Waals surface area contributed by atoms with E-state index in [4.69, 9.17) is 26.2 Å². The molecule has 8 nitrogen and oxygen atoms in total. The molecule has 1 atom stereocenters. The quantitative estimate of drug-likeness (QED) is 0.525. The van der Waals surface area contributed by atoms with Gasteiger partial charge in [-0.05, 0) is 31.7 Å². The molecule has 1 aromatic heterocycles. The smallest absolute Gasteiger partial charge is 0.404 e. The molecular weight excluding hydrogens is 436 g/mol. The third-order valence-corrected chi connectivity index (χ3v) is 4.68. The fourth-order valence-corrected chi connectivity index (χ4v) is 2.73. The van der Waals surface area contributed by atoms with Crippen LogP contribution in [0.3, 0.4) is 0 Å². The van der Waals surface area contributed by atoms with Crippen LogP contribution < -0.4 is 20.1 Å². The fraction of sp³-hybridized carbons (Fsp3) is 0.350. The lowest BCUT2D eigenvalue weighted by atomic mass is 10.1. The lowest BCUT2D eigenvalue weighted by molar-refractivity contribution is 0.102. The SMILES string of the molecule is C[C@@H](COc1cc(Cl)c(NC(=O)c2cc(F)c(OCC3CC3)cc2F)cn1)NC(=O)O. The van der Waals surface area contributed by atoms with Crippen LogP contribution in [0.1, 0.15) is 30.1 Å². The monoisotopic (exact) mass is 455 g/mol. The van der Waals surface area contributed by atoms with E-state index in [1.165, 1.54) is 12.3 Å². The maximum Gasteiger partial charge on any atom is 0.404 e. The van der Waals surface area contributed by atoms with E-state index in [0.717, 1.165) is 25.0 Å². The van der Waals surface area contributed by atoms with Crippen LogP contribution in [0.25, 0.3) is 0 Å². The Morgan fingerprint density at radius 1 is 1.26 bits per heavy atom. The van der Waals surface area contributed by atoms with Gasteiger partial charge in [0.25, 0.3) is 5.91 Å². The first kappa shape index (κ1) is 22.5. The molecule has 0 bridgehead atoms. The van der Waals surface area contributed by atoms with E-state index in [9.17, 15) is 18.4 Å². The Kier molecular flexibility index (Phi) is 7.11. The van der Waals surface area contributed by atoms with Crippen LogP contribution in [-0.4, -0.2) is 41.3 Å². The predicted octanol–water partition coefficient (Wildman–Crippen LogP) is 4.09. The molecule has 2 aromatic rings. The first-order valence-electron chi connectivity index (χ1n) is 9.44. The minimum Gasteiger partial charge on any atom is -0.490 e. The molecule has 0 saturated heterocycles. The first-order valence-corrected chi connectivity index (χ1v) is 9.81. The molecule has 3 N–H and O–H groups in total. The van der Waals surface area contributed by atoms with E-state index >= 15 is 0 Å². The van der Waals surface area contributed by atoms with Gasteiger partial charge >= 0.3 is 6.09 Å². The molecule has 2 amide bonds. The number of pyridine rings is 1. The normalized spacial score (nSPS) is 13.9. The zero-order valence-corrected chi connectivity index (χ0v) is 17.2. The number of halogens is 3. The highest BCUT2D eigenvalue weighted by atomic mass is 35.5. The number of anilines is 1. The number of aromatic nitrogens is 1. The van der Waals surface area contributed by atoms with Crippen LogP contribution in [0.15, 0.2) is 24.4 Å². The summed E-state index contributed by atoms with van der Waals surface area (Å²) in [4.78, 5) is 26.9. The molecule has 0 spiro atoms. The summed E-state index contributed by atoms with van der Waals surface area (Å²) in [6.45, 7) is 1.91. The zero-order chi connectivity index (χ0) is 22.5. The molecule has 31 heavy (non-hydrogen) atoms. The van der Waals surface area contributed by atoms with E-state index < -0.39 is 35.2 Å². The van der Waals surface area contributed by atoms with Crippen molar-refractivity contribution in [1.29, 1.82) is 0 Å². The third-order valence-electron chi connectivity index (χ3n) is 4.37. The van der Waals surface area contributed by atoms with Crippen molar-refractivity contribution in [2.24, 2.45) is 5.92 Å². The van der Waals surface area contributed by atoms with Crippen molar-refractivity contribution in [2.45, 2.75) is 25.8 Å². The summed E-state index contributed by atoms with van der Waals surface area (Å²) in [5, 5.41) is 13.3. The molecule has 1 aromatic carbocycles. The molecule has 1 saturated carbocycles. The summed E-state index contributed by atoms with van der Waals surface area (Å²) in [6.07, 6.45) is 2.00. The average Bonchev–Trinajstić information content (AvgIpc) is 3.52. The zero-order valence-electron chi connectivity index (χ0n) is 16.5. The number of nitrogens with one attached hydrogen (secondary N) is 2. The Labute approximate surface area is 181 Å². The highest BCUT2D eigenvalue weighted by Crippen LogP contribution is 2.31. The van der Waals surface area contributed by atoms with Crippen molar-refractivity contribution in [1.82, 2.24) is 10.3 Å². The van der Waals surface area contributed by atoms with Gasteiger partial charge in [-0.1, -0.05) is 11.6 Å². The van der Waals surface area contributed by atoms with E-state index in [0.29, 0.717) is 12.5 Å². The van der Waals surface area contributed by atoms with Crippen LogP contribution in [0.2, 0.25) is 5.02 Å². The molecule has 1 heterocycles. The van der Waals surface area contributed by atoms with Gasteiger partial charge in [-0.25, -0.2) is 18.6 Å². The van der Waals surface area contributed by atoms with Crippen molar-refractivity contribution >= 4 is 29.3 Å². The maximum atomic E-state index is 14.3. The lowest BCUT2D eigenvalue weighted by Crippen LogP contribution is -2.35. The number of amides is 2. The summed E-state index contributed by atoms with van der Waals surface area (Å²) in [7, 11) is 0. The number of hydrogen-bond donors (Lipinski definition) is 3. The molecule has 3 rings (SSSR count). The highest BCUT2D eigenvalue weighted by Gasteiger charge is 2.24. The van der Waals surface area contributed by atoms with E-state index in [-0.39, 0.29) is 28.9 Å². The Morgan fingerprint density at radius 2 is 2.00 bits per heavy atom. The summed E-state index contributed by atoms with van der Waals surface area (Å²) in [5.74, 6) is -2.48. The Bertz CT molecular complexity index is 988. The molecule has 0 aliphatic heterocycles. The molecule has 1 fully saturated rings.